The Morgan fingerprint density at radius 2 is 1.67 bits per heavy atom. The quantitative estimate of drug-likeness (QED) is 0.628. The van der Waals surface area contributed by atoms with Crippen LogP contribution in [0.15, 0.2) is 0 Å². The molecule has 0 saturated heterocycles. The van der Waals surface area contributed by atoms with Crippen molar-refractivity contribution in [3.63, 3.8) is 0 Å². The second kappa shape index (κ2) is 4.43. The van der Waals surface area contributed by atoms with E-state index >= 15 is 0 Å². The highest BCUT2D eigenvalue weighted by Crippen LogP contribution is 2.61. The monoisotopic (exact) mass is 268 g/mol. The van der Waals surface area contributed by atoms with Gasteiger partial charge in [0.25, 0.3) is 0 Å². The first-order valence-corrected chi connectivity index (χ1v) is 8.02. The van der Waals surface area contributed by atoms with Gasteiger partial charge in [0.1, 0.15) is 5.60 Å². The highest BCUT2D eigenvalue weighted by molar-refractivity contribution is 7.81. The van der Waals surface area contributed by atoms with Crippen LogP contribution < -0.4 is 0 Å². The van der Waals surface area contributed by atoms with E-state index in [-0.39, 0.29) is 17.3 Å². The summed E-state index contributed by atoms with van der Waals surface area (Å²) >= 11 is 4.08. The number of carbonyl (C=O) groups is 1. The van der Waals surface area contributed by atoms with Gasteiger partial charge in [0, 0.05) is 0 Å². The first-order valence-electron chi connectivity index (χ1n) is 7.39. The van der Waals surface area contributed by atoms with Crippen molar-refractivity contribution < 1.29 is 9.53 Å². The lowest BCUT2D eigenvalue weighted by atomic mass is 9.47. The summed E-state index contributed by atoms with van der Waals surface area (Å²) in [4.78, 5) is 11.8. The van der Waals surface area contributed by atoms with Crippen molar-refractivity contribution in [1.29, 1.82) is 0 Å². The van der Waals surface area contributed by atoms with Crippen LogP contribution in [0.4, 0.5) is 0 Å². The predicted octanol–water partition coefficient (Wildman–Crippen LogP) is 3.31. The predicted molar refractivity (Wildman–Crippen MR) is 74.6 cm³/mol. The van der Waals surface area contributed by atoms with Gasteiger partial charge >= 0.3 is 5.97 Å². The molecule has 4 rings (SSSR count). The smallest absolute Gasteiger partial charge is 0.316 e. The van der Waals surface area contributed by atoms with E-state index in [2.05, 4.69) is 26.5 Å². The van der Waals surface area contributed by atoms with Crippen LogP contribution in [-0.2, 0) is 9.53 Å². The fourth-order valence-electron chi connectivity index (χ4n) is 5.38. The van der Waals surface area contributed by atoms with Crippen LogP contribution in [0.2, 0.25) is 0 Å². The SMILES string of the molecule is CC(C)C1(OC(=O)CS)C2CC3CC(C2)CC1C3. The van der Waals surface area contributed by atoms with E-state index in [1.54, 1.807) is 0 Å². The van der Waals surface area contributed by atoms with Crippen LogP contribution in [0.5, 0.6) is 0 Å². The second-order valence-electron chi connectivity index (χ2n) is 6.94. The third-order valence-corrected chi connectivity index (χ3v) is 5.99. The van der Waals surface area contributed by atoms with Crippen molar-refractivity contribution in [1.82, 2.24) is 0 Å². The molecule has 0 unspecified atom stereocenters. The Balaban J connectivity index is 1.91. The average molecular weight is 268 g/mol. The lowest BCUT2D eigenvalue weighted by Crippen LogP contribution is -2.62. The average Bonchev–Trinajstić information content (AvgIpc) is 2.32. The number of carbonyl (C=O) groups excluding carboxylic acids is 1. The molecule has 4 bridgehead atoms. The van der Waals surface area contributed by atoms with Gasteiger partial charge in [0.05, 0.1) is 5.75 Å². The number of rotatable bonds is 3. The van der Waals surface area contributed by atoms with Crippen molar-refractivity contribution in [2.75, 3.05) is 5.75 Å². The molecule has 0 heterocycles. The van der Waals surface area contributed by atoms with Crippen LogP contribution in [0.3, 0.4) is 0 Å². The lowest BCUT2D eigenvalue weighted by Gasteiger charge is -2.61. The Kier molecular flexibility index (Phi) is 3.16. The van der Waals surface area contributed by atoms with E-state index in [4.69, 9.17) is 4.74 Å². The van der Waals surface area contributed by atoms with Crippen LogP contribution >= 0.6 is 12.6 Å². The number of ether oxygens (including phenoxy) is 1. The van der Waals surface area contributed by atoms with Crippen LogP contribution in [0, 0.1) is 29.6 Å². The maximum Gasteiger partial charge on any atom is 0.316 e. The van der Waals surface area contributed by atoms with Crippen LogP contribution in [-0.4, -0.2) is 17.3 Å². The fourth-order valence-corrected chi connectivity index (χ4v) is 5.44. The number of thiol groups is 1. The summed E-state index contributed by atoms with van der Waals surface area (Å²) in [6, 6.07) is 0. The van der Waals surface area contributed by atoms with Gasteiger partial charge in [-0.15, -0.1) is 0 Å². The van der Waals surface area contributed by atoms with Crippen molar-refractivity contribution in [2.24, 2.45) is 29.6 Å². The molecule has 4 saturated carbocycles. The molecule has 0 N–H and O–H groups in total. The summed E-state index contributed by atoms with van der Waals surface area (Å²) in [5, 5.41) is 0. The molecule has 4 aliphatic rings. The molecular formula is C15H24O2S. The van der Waals surface area contributed by atoms with E-state index in [1.165, 1.54) is 32.1 Å². The summed E-state index contributed by atoms with van der Waals surface area (Å²) in [6.45, 7) is 4.46. The molecule has 0 radical (unpaired) electrons. The summed E-state index contributed by atoms with van der Waals surface area (Å²) < 4.78 is 6.01. The Morgan fingerprint density at radius 3 is 2.06 bits per heavy atom. The molecule has 0 aromatic rings. The van der Waals surface area contributed by atoms with E-state index in [9.17, 15) is 4.79 Å². The van der Waals surface area contributed by atoms with Crippen molar-refractivity contribution in [3.8, 4) is 0 Å². The maximum atomic E-state index is 11.8. The molecule has 0 spiro atoms. The minimum Gasteiger partial charge on any atom is -0.458 e. The number of hydrogen-bond donors (Lipinski definition) is 1. The molecular weight excluding hydrogens is 244 g/mol. The Hall–Kier alpha value is -0.180. The van der Waals surface area contributed by atoms with Gasteiger partial charge in [0.2, 0.25) is 0 Å². The van der Waals surface area contributed by atoms with Gasteiger partial charge < -0.3 is 4.74 Å². The summed E-state index contributed by atoms with van der Waals surface area (Å²) in [6.07, 6.45) is 6.56. The molecule has 0 aromatic heterocycles. The number of hydrogen-bond acceptors (Lipinski definition) is 3. The Labute approximate surface area is 115 Å². The van der Waals surface area contributed by atoms with E-state index in [0.29, 0.717) is 17.8 Å². The Bertz CT molecular complexity index is 322. The summed E-state index contributed by atoms with van der Waals surface area (Å²) in [5.74, 6) is 3.55. The molecule has 0 aromatic carbocycles. The highest BCUT2D eigenvalue weighted by atomic mass is 32.1. The van der Waals surface area contributed by atoms with Gasteiger partial charge in [-0.1, -0.05) is 13.8 Å². The largest absolute Gasteiger partial charge is 0.458 e. The standard InChI is InChI=1S/C15H24O2S/c1-9(2)15(17-14(16)8-18)12-4-10-3-11(6-12)7-13(15)5-10/h9-13,18H,3-8H2,1-2H3. The first-order chi connectivity index (χ1) is 8.56. The zero-order chi connectivity index (χ0) is 12.9. The summed E-state index contributed by atoms with van der Waals surface area (Å²) in [5.41, 5.74) is -0.173. The van der Waals surface area contributed by atoms with Gasteiger partial charge in [-0.2, -0.15) is 12.6 Å². The zero-order valence-corrected chi connectivity index (χ0v) is 12.3. The third kappa shape index (κ3) is 1.73. The van der Waals surface area contributed by atoms with Crippen molar-refractivity contribution in [2.45, 2.75) is 51.6 Å². The highest BCUT2D eigenvalue weighted by Gasteiger charge is 2.60. The van der Waals surface area contributed by atoms with Crippen molar-refractivity contribution >= 4 is 18.6 Å². The molecule has 0 aliphatic heterocycles. The van der Waals surface area contributed by atoms with Crippen LogP contribution in [0.25, 0.3) is 0 Å². The second-order valence-corrected chi connectivity index (χ2v) is 7.26. The molecule has 102 valence electrons. The van der Waals surface area contributed by atoms with Gasteiger partial charge in [-0.05, 0) is 61.7 Å². The van der Waals surface area contributed by atoms with E-state index in [1.807, 2.05) is 0 Å². The van der Waals surface area contributed by atoms with E-state index in [0.717, 1.165) is 11.8 Å². The minimum absolute atomic E-state index is 0.125. The molecule has 0 atom stereocenters. The van der Waals surface area contributed by atoms with Crippen LogP contribution in [0.1, 0.15) is 46.0 Å². The first kappa shape index (κ1) is 12.8. The molecule has 0 amide bonds. The van der Waals surface area contributed by atoms with Crippen molar-refractivity contribution in [3.05, 3.63) is 0 Å². The van der Waals surface area contributed by atoms with Gasteiger partial charge in [-0.25, -0.2) is 0 Å². The topological polar surface area (TPSA) is 26.3 Å². The van der Waals surface area contributed by atoms with E-state index < -0.39 is 0 Å². The fraction of sp³-hybridized carbons (Fsp3) is 0.933. The molecule has 3 heteroatoms. The summed E-state index contributed by atoms with van der Waals surface area (Å²) in [7, 11) is 0. The minimum atomic E-state index is -0.173. The Morgan fingerprint density at radius 1 is 1.17 bits per heavy atom. The zero-order valence-electron chi connectivity index (χ0n) is 11.4. The molecule has 4 aliphatic carbocycles. The molecule has 2 nitrogen and oxygen atoms in total. The normalized spacial score (nSPS) is 45.6. The third-order valence-electron chi connectivity index (χ3n) is 5.74. The molecule has 4 fully saturated rings. The number of esters is 1. The maximum absolute atomic E-state index is 11.8. The van der Waals surface area contributed by atoms with Gasteiger partial charge in [0.15, 0.2) is 0 Å². The lowest BCUT2D eigenvalue weighted by molar-refractivity contribution is -0.222. The van der Waals surface area contributed by atoms with Gasteiger partial charge in [-0.3, -0.25) is 4.79 Å². The molecule has 18 heavy (non-hydrogen) atoms.